The van der Waals surface area contributed by atoms with Crippen LogP contribution in [-0.2, 0) is 14.8 Å². The molecular weight excluding hydrogens is 400 g/mol. The van der Waals surface area contributed by atoms with Crippen LogP contribution in [0.3, 0.4) is 0 Å². The Kier molecular flexibility index (Phi) is 6.35. The minimum atomic E-state index is -3.50. The van der Waals surface area contributed by atoms with Gasteiger partial charge in [-0.25, -0.2) is 8.42 Å². The normalized spacial score (nSPS) is 12.6. The smallest absolute Gasteiger partial charge is 0.232 e. The number of benzene rings is 2. The number of amides is 1. The van der Waals surface area contributed by atoms with Crippen LogP contribution < -0.4 is 19.1 Å². The van der Waals surface area contributed by atoms with Gasteiger partial charge in [0, 0.05) is 29.6 Å². The Morgan fingerprint density at radius 1 is 1.18 bits per heavy atom. The number of sulfonamides is 1. The average molecular weight is 423 g/mol. The molecule has 1 aliphatic heterocycles. The molecule has 3 rings (SSSR count). The van der Waals surface area contributed by atoms with Crippen molar-refractivity contribution in [2.45, 2.75) is 17.7 Å². The number of nitrogens with one attached hydrogen (secondary N) is 1. The third-order valence-electron chi connectivity index (χ3n) is 4.16. The zero-order valence-corrected chi connectivity index (χ0v) is 17.3. The number of fused-ring (bicyclic) bond motifs is 1. The number of carbonyl (C=O) groups excluding carboxylic acids is 1. The molecule has 0 spiro atoms. The monoisotopic (exact) mass is 422 g/mol. The Labute approximate surface area is 169 Å². The minimum absolute atomic E-state index is 0.121. The van der Waals surface area contributed by atoms with Crippen molar-refractivity contribution in [3.63, 3.8) is 0 Å². The highest BCUT2D eigenvalue weighted by molar-refractivity contribution is 7.98. The van der Waals surface area contributed by atoms with Gasteiger partial charge >= 0.3 is 0 Å². The van der Waals surface area contributed by atoms with Crippen molar-refractivity contribution in [3.8, 4) is 11.5 Å². The first kappa shape index (κ1) is 20.3. The fraction of sp³-hybridized carbons (Fsp3) is 0.316. The number of hydrogen-bond donors (Lipinski definition) is 1. The molecule has 28 heavy (non-hydrogen) atoms. The van der Waals surface area contributed by atoms with E-state index in [1.807, 2.05) is 30.5 Å². The second-order valence-electron chi connectivity index (χ2n) is 6.26. The van der Waals surface area contributed by atoms with Crippen molar-refractivity contribution in [1.82, 2.24) is 0 Å². The van der Waals surface area contributed by atoms with E-state index in [4.69, 9.17) is 9.47 Å². The summed E-state index contributed by atoms with van der Waals surface area (Å²) in [6.07, 6.45) is 3.71. The van der Waals surface area contributed by atoms with E-state index in [1.165, 1.54) is 4.31 Å². The van der Waals surface area contributed by atoms with Crippen LogP contribution >= 0.6 is 11.8 Å². The summed E-state index contributed by atoms with van der Waals surface area (Å²) in [5.41, 5.74) is 1.22. The highest BCUT2D eigenvalue weighted by Crippen LogP contribution is 2.36. The second-order valence-corrected chi connectivity index (χ2v) is 9.04. The second kappa shape index (κ2) is 8.74. The summed E-state index contributed by atoms with van der Waals surface area (Å²) in [5.74, 6) is 0.944. The Balaban J connectivity index is 1.60. The molecule has 0 atom stereocenters. The van der Waals surface area contributed by atoms with E-state index in [-0.39, 0.29) is 25.7 Å². The molecule has 1 N–H and O–H groups in total. The molecule has 1 aliphatic rings. The van der Waals surface area contributed by atoms with Gasteiger partial charge in [-0.15, -0.1) is 11.8 Å². The quantitative estimate of drug-likeness (QED) is 0.657. The summed E-state index contributed by atoms with van der Waals surface area (Å²) in [6, 6.07) is 12.6. The highest BCUT2D eigenvalue weighted by atomic mass is 32.2. The van der Waals surface area contributed by atoms with Gasteiger partial charge < -0.3 is 14.8 Å². The van der Waals surface area contributed by atoms with E-state index < -0.39 is 10.0 Å². The number of anilines is 2. The van der Waals surface area contributed by atoms with Crippen molar-refractivity contribution < 1.29 is 22.7 Å². The summed E-state index contributed by atoms with van der Waals surface area (Å²) < 4.78 is 36.3. The predicted octanol–water partition coefficient (Wildman–Crippen LogP) is 3.32. The number of carbonyl (C=O) groups is 1. The van der Waals surface area contributed by atoms with E-state index in [0.29, 0.717) is 23.6 Å². The van der Waals surface area contributed by atoms with E-state index in [0.717, 1.165) is 16.8 Å². The number of nitrogens with zero attached hydrogens (tertiary/aromatic N) is 1. The maximum absolute atomic E-state index is 12.2. The van der Waals surface area contributed by atoms with E-state index in [2.05, 4.69) is 5.32 Å². The lowest BCUT2D eigenvalue weighted by Crippen LogP contribution is -2.31. The topological polar surface area (TPSA) is 84.9 Å². The van der Waals surface area contributed by atoms with Crippen LogP contribution in [-0.4, -0.2) is 40.2 Å². The predicted molar refractivity (Wildman–Crippen MR) is 111 cm³/mol. The maximum atomic E-state index is 12.2. The first-order valence-electron chi connectivity index (χ1n) is 8.68. The summed E-state index contributed by atoms with van der Waals surface area (Å²) in [6.45, 7) is 0.312. The van der Waals surface area contributed by atoms with Crippen molar-refractivity contribution in [1.29, 1.82) is 0 Å². The Bertz CT molecular complexity index is 963. The van der Waals surface area contributed by atoms with Crippen LogP contribution in [0.15, 0.2) is 47.4 Å². The molecule has 9 heteroatoms. The zero-order valence-electron chi connectivity index (χ0n) is 15.7. The highest BCUT2D eigenvalue weighted by Gasteiger charge is 2.21. The van der Waals surface area contributed by atoms with Crippen LogP contribution in [0.25, 0.3) is 0 Å². The first-order chi connectivity index (χ1) is 13.4. The van der Waals surface area contributed by atoms with Crippen molar-refractivity contribution in [2.75, 3.05) is 35.5 Å². The molecular formula is C19H22N2O5S2. The standard InChI is InChI=1S/C19H22N2O5S2/c1-27-16-6-3-5-14(11-16)20-19(22)7-4-10-21(28(2,23)24)15-8-9-17-18(12-15)26-13-25-17/h3,5-6,8-9,11-12H,4,7,10,13H2,1-2H3,(H,20,22). The van der Waals surface area contributed by atoms with Gasteiger partial charge in [0.05, 0.1) is 11.9 Å². The summed E-state index contributed by atoms with van der Waals surface area (Å²) >= 11 is 1.60. The van der Waals surface area contributed by atoms with Gasteiger partial charge in [0.2, 0.25) is 22.7 Å². The van der Waals surface area contributed by atoms with Crippen molar-refractivity contribution >= 4 is 39.1 Å². The van der Waals surface area contributed by atoms with E-state index in [9.17, 15) is 13.2 Å². The minimum Gasteiger partial charge on any atom is -0.454 e. The summed E-state index contributed by atoms with van der Waals surface area (Å²) in [7, 11) is -3.50. The molecule has 0 saturated carbocycles. The van der Waals surface area contributed by atoms with Gasteiger partial charge in [0.1, 0.15) is 0 Å². The third-order valence-corrected chi connectivity index (χ3v) is 6.08. The molecule has 0 saturated heterocycles. The van der Waals surface area contributed by atoms with Crippen LogP contribution in [0.1, 0.15) is 12.8 Å². The SMILES string of the molecule is CSc1cccc(NC(=O)CCCN(c2ccc3c(c2)OCO3)S(C)(=O)=O)c1. The van der Waals surface area contributed by atoms with Gasteiger partial charge in [0.15, 0.2) is 11.5 Å². The molecule has 2 aromatic rings. The number of hydrogen-bond acceptors (Lipinski definition) is 6. The molecule has 0 fully saturated rings. The van der Waals surface area contributed by atoms with E-state index >= 15 is 0 Å². The fourth-order valence-corrected chi connectivity index (χ4v) is 4.25. The van der Waals surface area contributed by atoms with E-state index in [1.54, 1.807) is 30.0 Å². The molecule has 1 heterocycles. The van der Waals surface area contributed by atoms with Crippen LogP contribution in [0, 0.1) is 0 Å². The molecule has 0 aliphatic carbocycles. The molecule has 0 aromatic heterocycles. The molecule has 150 valence electrons. The lowest BCUT2D eigenvalue weighted by Gasteiger charge is -2.22. The number of thioether (sulfide) groups is 1. The largest absolute Gasteiger partial charge is 0.454 e. The van der Waals surface area contributed by atoms with Crippen LogP contribution in [0.2, 0.25) is 0 Å². The van der Waals surface area contributed by atoms with Gasteiger partial charge in [-0.05, 0) is 43.0 Å². The molecule has 7 nitrogen and oxygen atoms in total. The Morgan fingerprint density at radius 3 is 2.71 bits per heavy atom. The third kappa shape index (κ3) is 5.11. The lowest BCUT2D eigenvalue weighted by atomic mass is 10.2. The Hall–Kier alpha value is -2.39. The maximum Gasteiger partial charge on any atom is 0.232 e. The van der Waals surface area contributed by atoms with Gasteiger partial charge in [-0.2, -0.15) is 0 Å². The van der Waals surface area contributed by atoms with Gasteiger partial charge in [-0.3, -0.25) is 9.10 Å². The number of ether oxygens (including phenoxy) is 2. The van der Waals surface area contributed by atoms with Crippen LogP contribution in [0.4, 0.5) is 11.4 Å². The van der Waals surface area contributed by atoms with Crippen molar-refractivity contribution in [2.24, 2.45) is 0 Å². The first-order valence-corrected chi connectivity index (χ1v) is 11.8. The van der Waals surface area contributed by atoms with Gasteiger partial charge in [0.25, 0.3) is 0 Å². The van der Waals surface area contributed by atoms with Crippen molar-refractivity contribution in [3.05, 3.63) is 42.5 Å². The zero-order chi connectivity index (χ0) is 20.1. The molecule has 0 unspecified atom stereocenters. The Morgan fingerprint density at radius 2 is 1.96 bits per heavy atom. The number of rotatable bonds is 8. The molecule has 0 bridgehead atoms. The summed E-state index contributed by atoms with van der Waals surface area (Å²) in [5, 5.41) is 2.85. The van der Waals surface area contributed by atoms with Gasteiger partial charge in [-0.1, -0.05) is 6.07 Å². The molecule has 2 aromatic carbocycles. The molecule has 0 radical (unpaired) electrons. The van der Waals surface area contributed by atoms with Crippen LogP contribution in [0.5, 0.6) is 11.5 Å². The fourth-order valence-electron chi connectivity index (χ4n) is 2.83. The molecule has 1 amide bonds. The summed E-state index contributed by atoms with van der Waals surface area (Å²) in [4.78, 5) is 13.3. The lowest BCUT2D eigenvalue weighted by molar-refractivity contribution is -0.116. The average Bonchev–Trinajstić information content (AvgIpc) is 3.12.